The summed E-state index contributed by atoms with van der Waals surface area (Å²) in [5.74, 6) is -0.457. The van der Waals surface area contributed by atoms with Gasteiger partial charge in [-0.25, -0.2) is 0 Å². The maximum absolute atomic E-state index is 11.4. The molecule has 1 saturated heterocycles. The van der Waals surface area contributed by atoms with E-state index < -0.39 is 28.3 Å². The van der Waals surface area contributed by atoms with Crippen LogP contribution >= 0.6 is 15.2 Å². The number of aliphatic hydroxyl groups excluding tert-OH is 3. The Morgan fingerprint density at radius 3 is 2.04 bits per heavy atom. The third-order valence-electron chi connectivity index (χ3n) is 3.08. The van der Waals surface area contributed by atoms with E-state index in [0.29, 0.717) is 12.8 Å². The quantitative estimate of drug-likeness (QED) is 0.254. The molecule has 1 aliphatic heterocycles. The van der Waals surface area contributed by atoms with Crippen LogP contribution in [0.2, 0.25) is 0 Å². The van der Waals surface area contributed by atoms with E-state index in [1.807, 2.05) is 0 Å². The molecular weight excluding hydrogens is 618 g/mol. The zero-order valence-electron chi connectivity index (χ0n) is 17.2. The summed E-state index contributed by atoms with van der Waals surface area (Å²) in [7, 11) is 0.786. The minimum Gasteiger partial charge on any atom is -0.396 e. The van der Waals surface area contributed by atoms with Gasteiger partial charge < -0.3 is 33.4 Å². The molecule has 0 spiro atoms. The van der Waals surface area contributed by atoms with E-state index in [0.717, 1.165) is 0 Å². The summed E-state index contributed by atoms with van der Waals surface area (Å²) < 4.78 is 62.1. The summed E-state index contributed by atoms with van der Waals surface area (Å²) in [4.78, 5) is 0. The maximum Gasteiger partial charge on any atom is 0.330 e. The Morgan fingerprint density at radius 1 is 1.35 bits per heavy atom. The van der Waals surface area contributed by atoms with Crippen molar-refractivity contribution in [2.24, 2.45) is 11.8 Å². The minimum atomic E-state index is -3.09. The third kappa shape index (κ3) is 14.3. The number of halogens is 1. The Labute approximate surface area is 183 Å². The number of hydrogen-bond acceptors (Lipinski definition) is 9. The van der Waals surface area contributed by atoms with Gasteiger partial charge in [0, 0.05) is 92.5 Å². The predicted molar refractivity (Wildman–Crippen MR) is 94.3 cm³/mol. The third-order valence-corrected chi connectivity index (χ3v) is 7.22. The summed E-state index contributed by atoms with van der Waals surface area (Å²) in [6.45, 7) is -0.0879. The second-order valence-electron chi connectivity index (χ2n) is 4.71. The van der Waals surface area contributed by atoms with Gasteiger partial charge in [0.25, 0.3) is 0 Å². The molecule has 2 radical (unpaired) electrons. The van der Waals surface area contributed by atoms with Crippen molar-refractivity contribution in [3.8, 4) is 0 Å². The first kappa shape index (κ1) is 29.4. The van der Waals surface area contributed by atoms with E-state index in [9.17, 15) is 13.5 Å². The van der Waals surface area contributed by atoms with Crippen molar-refractivity contribution >= 4 is 23.6 Å². The summed E-state index contributed by atoms with van der Waals surface area (Å²) in [5, 5.41) is 26.0. The Morgan fingerprint density at radius 2 is 1.81 bits per heavy atom. The average Bonchev–Trinajstić information content (AvgIpc) is 3.10. The van der Waals surface area contributed by atoms with Gasteiger partial charge in [0.05, 0.1) is 27.5 Å². The maximum atomic E-state index is 11.4. The van der Waals surface area contributed by atoms with Crippen LogP contribution in [0.5, 0.6) is 0 Å². The number of hydrogen-bond donors (Lipinski definition) is 3. The second kappa shape index (κ2) is 19.5. The first-order chi connectivity index (χ1) is 12.7. The molecule has 0 aromatic heterocycles. The predicted octanol–water partition coefficient (Wildman–Crippen LogP) is 0.475. The fourth-order valence-electron chi connectivity index (χ4n) is 1.59. The molecule has 0 aromatic rings. The van der Waals surface area contributed by atoms with Crippen molar-refractivity contribution in [1.82, 2.24) is 0 Å². The fraction of sp³-hybridized carbons (Fsp3) is 1.00. The van der Waals surface area contributed by atoms with Gasteiger partial charge in [-0.05, 0) is 1.34 Å². The SMILES string of the molecule is COP(=O)(CC(CO)CO)OC.COP1(=O)CC(CO)CO1.[2H]CF.[2H][B].[U]. The van der Waals surface area contributed by atoms with E-state index in [2.05, 4.69) is 21.9 Å². The van der Waals surface area contributed by atoms with Crippen LogP contribution in [-0.2, 0) is 27.2 Å². The van der Waals surface area contributed by atoms with Crippen LogP contribution < -0.4 is 0 Å². The molecule has 0 aliphatic carbocycles. The molecule has 1 aliphatic rings. The molecule has 156 valence electrons. The molecule has 1 fully saturated rings. The van der Waals surface area contributed by atoms with Crippen LogP contribution in [0.1, 0.15) is 1.37 Å². The summed E-state index contributed by atoms with van der Waals surface area (Å²) in [6, 6.07) is 0. The number of aliphatic hydroxyl groups is 3. The molecule has 2 unspecified atom stereocenters. The Kier molecular flexibility index (Phi) is 22.1. The van der Waals surface area contributed by atoms with Crippen molar-refractivity contribution in [1.29, 1.82) is 1.34 Å². The molecule has 0 saturated carbocycles. The van der Waals surface area contributed by atoms with Gasteiger partial charge in [-0.2, -0.15) is 0 Å². The van der Waals surface area contributed by atoms with Gasteiger partial charge in [-0.1, -0.05) is 0 Å². The van der Waals surface area contributed by atoms with Crippen LogP contribution in [0.15, 0.2) is 0 Å². The van der Waals surface area contributed by atoms with Gasteiger partial charge in [0.2, 0.25) is 0 Å². The average molecular weight is 650 g/mol. The molecule has 0 amide bonds. The van der Waals surface area contributed by atoms with Crippen molar-refractivity contribution < 1.29 is 79.4 Å². The van der Waals surface area contributed by atoms with Crippen molar-refractivity contribution in [3.63, 3.8) is 0 Å². The van der Waals surface area contributed by atoms with Gasteiger partial charge in [0.15, 0.2) is 0 Å². The van der Waals surface area contributed by atoms with E-state index >= 15 is 0 Å². The second-order valence-corrected chi connectivity index (χ2v) is 9.24. The van der Waals surface area contributed by atoms with Gasteiger partial charge in [0.1, 0.15) is 0 Å². The van der Waals surface area contributed by atoms with Crippen molar-refractivity contribution in [2.45, 2.75) is 0 Å². The Bertz CT molecular complexity index is 421. The van der Waals surface area contributed by atoms with E-state index in [-0.39, 0.29) is 63.0 Å². The van der Waals surface area contributed by atoms with Crippen molar-refractivity contribution in [2.75, 3.05) is 67.2 Å². The monoisotopic (exact) mass is 650 g/mol. The van der Waals surface area contributed by atoms with Gasteiger partial charge in [-0.3, -0.25) is 13.5 Å². The molecule has 0 bridgehead atoms. The van der Waals surface area contributed by atoms with E-state index in [1.54, 1.807) is 0 Å². The Balaban J connectivity index is -0.000000163. The van der Waals surface area contributed by atoms with Crippen LogP contribution in [0.25, 0.3) is 0 Å². The van der Waals surface area contributed by atoms with E-state index in [4.69, 9.17) is 22.5 Å². The molecule has 26 heavy (non-hydrogen) atoms. The summed E-state index contributed by atoms with van der Waals surface area (Å²) >= 11 is 0. The smallest absolute Gasteiger partial charge is 0.330 e. The first-order valence-electron chi connectivity index (χ1n) is 8.19. The molecule has 0 aromatic carbocycles. The van der Waals surface area contributed by atoms with Gasteiger partial charge in [-0.15, -0.1) is 0 Å². The molecule has 14 heteroatoms. The molecular formula is C12H30BFO9P2U. The van der Waals surface area contributed by atoms with Crippen LogP contribution in [-0.4, -0.2) is 92.3 Å². The fourth-order valence-corrected chi connectivity index (χ4v) is 4.55. The molecule has 2 atom stereocenters. The molecule has 9 nitrogen and oxygen atoms in total. The molecule has 1 rings (SSSR count). The van der Waals surface area contributed by atoms with E-state index in [1.165, 1.54) is 21.3 Å². The molecule has 3 N–H and O–H groups in total. The summed E-state index contributed by atoms with van der Waals surface area (Å²) in [6.07, 6.45) is 0.382. The van der Waals surface area contributed by atoms with Crippen LogP contribution in [0, 0.1) is 42.9 Å². The molecule has 1 heterocycles. The number of alkyl halides is 1. The topological polar surface area (TPSA) is 132 Å². The van der Waals surface area contributed by atoms with Crippen molar-refractivity contribution in [3.05, 3.63) is 0 Å². The van der Waals surface area contributed by atoms with Crippen LogP contribution in [0.3, 0.4) is 0 Å². The standard InChI is InChI=1S/C6H15O5P.C5H11O4P.CH3F.BH.U/c1-10-12(9,11-2)5-6(3-7)4-8;1-8-10(7)4-5(2-6)3-9-10;1-2;;/h6-8H,3-5H2,1-2H3;5-6H,2-4H2,1H3;1H3;1H;/i;;2*1D;. The van der Waals surface area contributed by atoms with Gasteiger partial charge >= 0.3 is 15.2 Å². The van der Waals surface area contributed by atoms with Crippen LogP contribution in [0.4, 0.5) is 4.39 Å². The zero-order chi connectivity index (χ0) is 21.9. The first-order valence-corrected chi connectivity index (χ1v) is 10.4. The largest absolute Gasteiger partial charge is 0.396 e. The zero-order valence-corrected chi connectivity index (χ0v) is 21.2. The number of rotatable bonds is 8. The normalized spacial score (nSPS) is 22.2. The minimum absolute atomic E-state index is 0. The Hall–Kier alpha value is 1.23. The summed E-state index contributed by atoms with van der Waals surface area (Å²) in [5.41, 5.74) is 0.